The summed E-state index contributed by atoms with van der Waals surface area (Å²) in [6.07, 6.45) is 19.5. The molecule has 146 valence electrons. The molecular formula is C18H34N2O4S. The van der Waals surface area contributed by atoms with Gasteiger partial charge in [0.15, 0.2) is 0 Å². The van der Waals surface area contributed by atoms with Gasteiger partial charge in [0.05, 0.1) is 20.2 Å². The minimum absolute atomic E-state index is 0.701. The fourth-order valence-electron chi connectivity index (χ4n) is 4.70. The van der Waals surface area contributed by atoms with E-state index in [-0.39, 0.29) is 0 Å². The van der Waals surface area contributed by atoms with Gasteiger partial charge in [0.25, 0.3) is 0 Å². The highest BCUT2D eigenvalue weighted by atomic mass is 32.3. The van der Waals surface area contributed by atoms with E-state index in [1.165, 1.54) is 64.2 Å². The van der Waals surface area contributed by atoms with Crippen molar-refractivity contribution >= 4 is 10.4 Å². The SMILES string of the molecule is CN1C(C2CCCCC2)C=C[N+]1(C)C1CCCCC1.COS(=O)(=O)[O-]. The van der Waals surface area contributed by atoms with E-state index in [0.29, 0.717) is 6.04 Å². The van der Waals surface area contributed by atoms with Crippen LogP contribution in [0.25, 0.3) is 0 Å². The van der Waals surface area contributed by atoms with Crippen molar-refractivity contribution in [1.29, 1.82) is 0 Å². The van der Waals surface area contributed by atoms with E-state index in [0.717, 1.165) is 23.7 Å². The Bertz CT molecular complexity index is 539. The third-order valence-electron chi connectivity index (χ3n) is 6.35. The Morgan fingerprint density at radius 1 is 1.04 bits per heavy atom. The zero-order valence-corrected chi connectivity index (χ0v) is 16.7. The van der Waals surface area contributed by atoms with Crippen LogP contribution in [0.3, 0.4) is 0 Å². The van der Waals surface area contributed by atoms with Crippen LogP contribution in [-0.2, 0) is 14.6 Å². The zero-order valence-electron chi connectivity index (χ0n) is 15.9. The van der Waals surface area contributed by atoms with Crippen LogP contribution in [0.4, 0.5) is 0 Å². The predicted molar refractivity (Wildman–Crippen MR) is 97.0 cm³/mol. The Morgan fingerprint density at radius 2 is 1.52 bits per heavy atom. The van der Waals surface area contributed by atoms with Crippen molar-refractivity contribution in [2.45, 2.75) is 76.3 Å². The molecule has 2 fully saturated rings. The molecule has 3 rings (SSSR count). The quantitative estimate of drug-likeness (QED) is 0.431. The van der Waals surface area contributed by atoms with E-state index in [2.05, 4.69) is 35.6 Å². The van der Waals surface area contributed by atoms with Gasteiger partial charge < -0.3 is 4.55 Å². The van der Waals surface area contributed by atoms with Gasteiger partial charge in [-0.05, 0) is 37.7 Å². The van der Waals surface area contributed by atoms with Gasteiger partial charge in [-0.1, -0.05) is 25.7 Å². The molecule has 2 unspecified atom stereocenters. The Balaban J connectivity index is 0.000000326. The molecule has 3 aliphatic rings. The zero-order chi connectivity index (χ0) is 18.5. The number of likely N-dealkylation sites (N-methyl/N-ethyl adjacent to an activating group) is 1. The number of rotatable bonds is 3. The predicted octanol–water partition coefficient (Wildman–Crippen LogP) is 3.18. The molecule has 2 saturated carbocycles. The summed E-state index contributed by atoms with van der Waals surface area (Å²) in [6.45, 7) is 0. The summed E-state index contributed by atoms with van der Waals surface area (Å²) in [5, 5.41) is 2.67. The minimum Gasteiger partial charge on any atom is -0.726 e. The highest BCUT2D eigenvalue weighted by molar-refractivity contribution is 7.80. The van der Waals surface area contributed by atoms with Gasteiger partial charge in [-0.25, -0.2) is 13.0 Å². The van der Waals surface area contributed by atoms with E-state index in [9.17, 15) is 13.0 Å². The van der Waals surface area contributed by atoms with Gasteiger partial charge in [0.2, 0.25) is 10.4 Å². The molecule has 2 atom stereocenters. The first-order valence-corrected chi connectivity index (χ1v) is 10.9. The molecule has 25 heavy (non-hydrogen) atoms. The van der Waals surface area contributed by atoms with Gasteiger partial charge in [0.1, 0.15) is 12.2 Å². The third-order valence-corrected chi connectivity index (χ3v) is 6.76. The molecule has 1 heterocycles. The second-order valence-corrected chi connectivity index (χ2v) is 8.92. The summed E-state index contributed by atoms with van der Waals surface area (Å²) in [5.41, 5.74) is 0. The fourth-order valence-corrected chi connectivity index (χ4v) is 4.70. The standard InChI is InChI=1S/C17H31N2.CH4O4S/c1-18-17(15-9-5-3-6-10-15)13-14-19(18,2)16-11-7-4-8-12-16;1-5-6(2,3)4/h13-17H,3-12H2,1-2H3;1H3,(H,2,3,4)/q+1;/p-1. The van der Waals surface area contributed by atoms with Crippen LogP contribution < -0.4 is 0 Å². The summed E-state index contributed by atoms with van der Waals surface area (Å²) in [4.78, 5) is 0. The number of hydrogen-bond donors (Lipinski definition) is 0. The average molecular weight is 375 g/mol. The fraction of sp³-hybridized carbons (Fsp3) is 0.889. The minimum atomic E-state index is -4.41. The Kier molecular flexibility index (Phi) is 7.46. The molecule has 6 nitrogen and oxygen atoms in total. The molecule has 0 radical (unpaired) electrons. The van der Waals surface area contributed by atoms with Crippen LogP contribution in [-0.4, -0.2) is 55.9 Å². The molecular weight excluding hydrogens is 340 g/mol. The van der Waals surface area contributed by atoms with E-state index >= 15 is 0 Å². The van der Waals surface area contributed by atoms with Crippen LogP contribution >= 0.6 is 0 Å². The first kappa shape index (κ1) is 20.8. The number of quaternary nitrogens is 1. The van der Waals surface area contributed by atoms with Gasteiger partial charge in [-0.2, -0.15) is 0 Å². The second-order valence-electron chi connectivity index (χ2n) is 7.77. The lowest BCUT2D eigenvalue weighted by Crippen LogP contribution is -2.59. The number of hydrogen-bond acceptors (Lipinski definition) is 5. The summed E-state index contributed by atoms with van der Waals surface area (Å²) < 4.78 is 32.1. The summed E-state index contributed by atoms with van der Waals surface area (Å²) >= 11 is 0. The largest absolute Gasteiger partial charge is 0.726 e. The molecule has 0 bridgehead atoms. The van der Waals surface area contributed by atoms with Crippen LogP contribution in [0, 0.1) is 5.92 Å². The van der Waals surface area contributed by atoms with Crippen molar-refractivity contribution in [3.8, 4) is 0 Å². The van der Waals surface area contributed by atoms with Crippen molar-refractivity contribution in [2.24, 2.45) is 5.92 Å². The monoisotopic (exact) mass is 374 g/mol. The normalized spacial score (nSPS) is 32.4. The maximum absolute atomic E-state index is 9.22. The molecule has 0 amide bonds. The van der Waals surface area contributed by atoms with E-state index in [1.807, 2.05) is 0 Å². The van der Waals surface area contributed by atoms with Crippen LogP contribution in [0.15, 0.2) is 12.3 Å². The lowest BCUT2D eigenvalue weighted by atomic mass is 9.84. The van der Waals surface area contributed by atoms with E-state index in [4.69, 9.17) is 0 Å². The topological polar surface area (TPSA) is 69.7 Å². The van der Waals surface area contributed by atoms with Crippen molar-refractivity contribution in [2.75, 3.05) is 21.2 Å². The molecule has 0 aromatic carbocycles. The molecule has 0 aromatic heterocycles. The van der Waals surface area contributed by atoms with Crippen LogP contribution in [0.5, 0.6) is 0 Å². The molecule has 0 N–H and O–H groups in total. The molecule has 0 aromatic rings. The highest BCUT2D eigenvalue weighted by Gasteiger charge is 2.45. The van der Waals surface area contributed by atoms with Crippen molar-refractivity contribution in [3.63, 3.8) is 0 Å². The van der Waals surface area contributed by atoms with Gasteiger partial charge in [-0.15, -0.1) is 5.01 Å². The van der Waals surface area contributed by atoms with Gasteiger partial charge in [0, 0.05) is 19.9 Å². The first-order chi connectivity index (χ1) is 11.8. The lowest BCUT2D eigenvalue weighted by Gasteiger charge is -2.45. The lowest BCUT2D eigenvalue weighted by molar-refractivity contribution is -0.992. The second kappa shape index (κ2) is 8.95. The van der Waals surface area contributed by atoms with Crippen molar-refractivity contribution in [1.82, 2.24) is 5.01 Å². The smallest absolute Gasteiger partial charge is 0.217 e. The molecule has 7 heteroatoms. The van der Waals surface area contributed by atoms with Crippen LogP contribution in [0.2, 0.25) is 0 Å². The maximum Gasteiger partial charge on any atom is 0.217 e. The first-order valence-electron chi connectivity index (χ1n) is 9.58. The third kappa shape index (κ3) is 5.50. The summed E-state index contributed by atoms with van der Waals surface area (Å²) in [6, 6.07) is 1.54. The summed E-state index contributed by atoms with van der Waals surface area (Å²) in [5.74, 6) is 0.915. The van der Waals surface area contributed by atoms with E-state index in [1.54, 1.807) is 0 Å². The van der Waals surface area contributed by atoms with Crippen molar-refractivity contribution in [3.05, 3.63) is 12.3 Å². The molecule has 1 aliphatic heterocycles. The van der Waals surface area contributed by atoms with Crippen molar-refractivity contribution < 1.29 is 21.7 Å². The Morgan fingerprint density at radius 3 is 2.00 bits per heavy atom. The maximum atomic E-state index is 9.22. The molecule has 2 aliphatic carbocycles. The highest BCUT2D eigenvalue weighted by Crippen LogP contribution is 2.38. The Labute approximate surface area is 153 Å². The van der Waals surface area contributed by atoms with Gasteiger partial charge in [-0.3, -0.25) is 4.18 Å². The van der Waals surface area contributed by atoms with Gasteiger partial charge >= 0.3 is 0 Å². The van der Waals surface area contributed by atoms with Crippen LogP contribution in [0.1, 0.15) is 64.2 Å². The number of nitrogens with zero attached hydrogens (tertiary/aromatic N) is 2. The average Bonchev–Trinajstić information content (AvgIpc) is 2.93. The Hall–Kier alpha value is -0.470. The molecule has 0 spiro atoms. The molecule has 0 saturated heterocycles. The van der Waals surface area contributed by atoms with E-state index < -0.39 is 10.4 Å². The summed E-state index contributed by atoms with van der Waals surface area (Å²) in [7, 11) is 1.20.